The van der Waals surface area contributed by atoms with Crippen LogP contribution in [0.5, 0.6) is 0 Å². The Bertz CT molecular complexity index is 693. The van der Waals surface area contributed by atoms with Gasteiger partial charge in [0.25, 0.3) is 0 Å². The average Bonchev–Trinajstić information content (AvgIpc) is 2.27. The van der Waals surface area contributed by atoms with Crippen molar-refractivity contribution in [2.75, 3.05) is 11.6 Å². The van der Waals surface area contributed by atoms with Crippen molar-refractivity contribution in [1.82, 2.24) is 0 Å². The Balaban J connectivity index is 2.78. The summed E-state index contributed by atoms with van der Waals surface area (Å²) in [5.41, 5.74) is 0.852. The van der Waals surface area contributed by atoms with Gasteiger partial charge in [-0.2, -0.15) is 0 Å². The molecular weight excluding hydrogens is 304 g/mol. The standard InChI is InChI=1S/C11H16N2O5S2/c1-8(19(2,15)16)11(14)13-10-5-3-9(4-6-10)7-20(12,17)18/h3-6,8H,7H2,1-2H3,(H,13,14)(H2,12,17,18). The van der Waals surface area contributed by atoms with Gasteiger partial charge < -0.3 is 5.32 Å². The van der Waals surface area contributed by atoms with Crippen LogP contribution in [0, 0.1) is 0 Å². The summed E-state index contributed by atoms with van der Waals surface area (Å²) < 4.78 is 44.3. The molecule has 112 valence electrons. The van der Waals surface area contributed by atoms with Crippen LogP contribution in [0.2, 0.25) is 0 Å². The van der Waals surface area contributed by atoms with Gasteiger partial charge in [0.1, 0.15) is 5.25 Å². The topological polar surface area (TPSA) is 123 Å². The van der Waals surface area contributed by atoms with E-state index in [2.05, 4.69) is 5.32 Å². The van der Waals surface area contributed by atoms with Gasteiger partial charge in [-0.1, -0.05) is 12.1 Å². The van der Waals surface area contributed by atoms with Crippen molar-refractivity contribution < 1.29 is 21.6 Å². The number of sulfonamides is 1. The first-order chi connectivity index (χ1) is 8.99. The molecule has 3 N–H and O–H groups in total. The molecule has 1 rings (SSSR count). The van der Waals surface area contributed by atoms with Gasteiger partial charge in [-0.15, -0.1) is 0 Å². The molecule has 0 fully saturated rings. The molecule has 0 aliphatic rings. The fourth-order valence-electron chi connectivity index (χ4n) is 1.35. The van der Waals surface area contributed by atoms with Crippen LogP contribution in [-0.2, 0) is 30.4 Å². The number of hydrogen-bond acceptors (Lipinski definition) is 5. The van der Waals surface area contributed by atoms with Crippen molar-refractivity contribution in [3.63, 3.8) is 0 Å². The Morgan fingerprint density at radius 1 is 1.20 bits per heavy atom. The van der Waals surface area contributed by atoms with Gasteiger partial charge in [0, 0.05) is 11.9 Å². The second kappa shape index (κ2) is 5.90. The molecule has 1 aromatic rings. The van der Waals surface area contributed by atoms with Gasteiger partial charge in [0.2, 0.25) is 15.9 Å². The molecule has 0 aliphatic carbocycles. The monoisotopic (exact) mass is 320 g/mol. The van der Waals surface area contributed by atoms with E-state index >= 15 is 0 Å². The van der Waals surface area contributed by atoms with E-state index in [-0.39, 0.29) is 5.75 Å². The number of carbonyl (C=O) groups is 1. The van der Waals surface area contributed by atoms with Crippen molar-refractivity contribution >= 4 is 31.5 Å². The third kappa shape index (κ3) is 5.27. The van der Waals surface area contributed by atoms with Crippen molar-refractivity contribution in [2.45, 2.75) is 17.9 Å². The number of sulfone groups is 1. The smallest absolute Gasteiger partial charge is 0.242 e. The zero-order valence-electron chi connectivity index (χ0n) is 11.0. The summed E-state index contributed by atoms with van der Waals surface area (Å²) in [6.07, 6.45) is 0.979. The van der Waals surface area contributed by atoms with Crippen LogP contribution >= 0.6 is 0 Å². The van der Waals surface area contributed by atoms with Crippen LogP contribution in [0.25, 0.3) is 0 Å². The van der Waals surface area contributed by atoms with Crippen molar-refractivity contribution in [3.05, 3.63) is 29.8 Å². The summed E-state index contributed by atoms with van der Waals surface area (Å²) in [5, 5.41) is 6.19. The maximum absolute atomic E-state index is 11.7. The number of primary sulfonamides is 1. The normalized spacial score (nSPS) is 13.8. The van der Waals surface area contributed by atoms with E-state index in [0.29, 0.717) is 11.3 Å². The molecule has 9 heteroatoms. The van der Waals surface area contributed by atoms with Crippen LogP contribution in [0.15, 0.2) is 24.3 Å². The van der Waals surface area contributed by atoms with E-state index in [4.69, 9.17) is 5.14 Å². The highest BCUT2D eigenvalue weighted by Gasteiger charge is 2.23. The average molecular weight is 320 g/mol. The van der Waals surface area contributed by atoms with Crippen LogP contribution in [0.3, 0.4) is 0 Å². The number of anilines is 1. The van der Waals surface area contributed by atoms with Gasteiger partial charge in [0.05, 0.1) is 5.75 Å². The molecule has 0 bridgehead atoms. The molecule has 20 heavy (non-hydrogen) atoms. The van der Waals surface area contributed by atoms with Crippen LogP contribution in [0.1, 0.15) is 12.5 Å². The van der Waals surface area contributed by atoms with E-state index in [0.717, 1.165) is 6.26 Å². The first kappa shape index (κ1) is 16.6. The minimum absolute atomic E-state index is 0.305. The number of rotatable bonds is 5. The SMILES string of the molecule is CC(C(=O)Nc1ccc(CS(N)(=O)=O)cc1)S(C)(=O)=O. The number of benzene rings is 1. The third-order valence-corrected chi connectivity index (χ3v) is 4.84. The lowest BCUT2D eigenvalue weighted by Crippen LogP contribution is -2.31. The highest BCUT2D eigenvalue weighted by molar-refractivity contribution is 7.92. The number of hydrogen-bond donors (Lipinski definition) is 2. The highest BCUT2D eigenvalue weighted by Crippen LogP contribution is 2.12. The molecule has 1 atom stereocenters. The van der Waals surface area contributed by atoms with E-state index in [1.807, 2.05) is 0 Å². The molecule has 1 amide bonds. The minimum Gasteiger partial charge on any atom is -0.325 e. The molecule has 0 radical (unpaired) electrons. The maximum atomic E-state index is 11.7. The summed E-state index contributed by atoms with van der Waals surface area (Å²) in [6, 6.07) is 5.94. The van der Waals surface area contributed by atoms with Crippen LogP contribution in [0.4, 0.5) is 5.69 Å². The molecule has 7 nitrogen and oxygen atoms in total. The summed E-state index contributed by atoms with van der Waals surface area (Å²) in [4.78, 5) is 11.7. The van der Waals surface area contributed by atoms with Crippen LogP contribution < -0.4 is 10.5 Å². The van der Waals surface area contributed by atoms with Crippen LogP contribution in [-0.4, -0.2) is 34.2 Å². The Kier molecular flexibility index (Phi) is 4.90. The lowest BCUT2D eigenvalue weighted by molar-refractivity contribution is -0.115. The summed E-state index contributed by atoms with van der Waals surface area (Å²) in [5.74, 6) is -0.951. The summed E-state index contributed by atoms with van der Waals surface area (Å²) >= 11 is 0. The lowest BCUT2D eigenvalue weighted by Gasteiger charge is -2.10. The Hall–Kier alpha value is -1.45. The second-order valence-corrected chi connectivity index (χ2v) is 8.45. The third-order valence-electron chi connectivity index (χ3n) is 2.60. The Labute approximate surface area is 118 Å². The van der Waals surface area contributed by atoms with E-state index in [1.54, 1.807) is 0 Å². The maximum Gasteiger partial charge on any atom is 0.242 e. The zero-order chi connectivity index (χ0) is 15.6. The summed E-state index contributed by atoms with van der Waals surface area (Å²) in [6.45, 7) is 1.29. The molecule has 0 saturated heterocycles. The van der Waals surface area contributed by atoms with Gasteiger partial charge in [-0.3, -0.25) is 4.79 Å². The lowest BCUT2D eigenvalue weighted by atomic mass is 10.2. The van der Waals surface area contributed by atoms with Crippen molar-refractivity contribution in [3.8, 4) is 0 Å². The fraction of sp³-hybridized carbons (Fsp3) is 0.364. The number of carbonyl (C=O) groups excluding carboxylic acids is 1. The van der Waals surface area contributed by atoms with Gasteiger partial charge >= 0.3 is 0 Å². The quantitative estimate of drug-likeness (QED) is 0.780. The molecule has 1 aromatic carbocycles. The van der Waals surface area contributed by atoms with Gasteiger partial charge in [-0.05, 0) is 24.6 Å². The van der Waals surface area contributed by atoms with Gasteiger partial charge in [-0.25, -0.2) is 22.0 Å². The van der Waals surface area contributed by atoms with Crippen molar-refractivity contribution in [2.24, 2.45) is 5.14 Å². The molecular formula is C11H16N2O5S2. The largest absolute Gasteiger partial charge is 0.325 e. The Morgan fingerprint density at radius 3 is 2.10 bits per heavy atom. The molecule has 0 aliphatic heterocycles. The molecule has 0 heterocycles. The fourth-order valence-corrected chi connectivity index (χ4v) is 2.46. The predicted molar refractivity (Wildman–Crippen MR) is 76.2 cm³/mol. The Morgan fingerprint density at radius 2 is 1.70 bits per heavy atom. The minimum atomic E-state index is -3.61. The van der Waals surface area contributed by atoms with E-state index in [9.17, 15) is 21.6 Å². The molecule has 0 saturated carbocycles. The number of nitrogens with two attached hydrogens (primary N) is 1. The predicted octanol–water partition coefficient (Wildman–Crippen LogP) is -0.153. The zero-order valence-corrected chi connectivity index (χ0v) is 12.7. The van der Waals surface area contributed by atoms with Gasteiger partial charge in [0.15, 0.2) is 9.84 Å². The first-order valence-electron chi connectivity index (χ1n) is 5.58. The van der Waals surface area contributed by atoms with E-state index < -0.39 is 31.0 Å². The molecule has 0 aromatic heterocycles. The van der Waals surface area contributed by atoms with Crippen molar-refractivity contribution in [1.29, 1.82) is 0 Å². The summed E-state index contributed by atoms with van der Waals surface area (Å²) in [7, 11) is -7.07. The second-order valence-electron chi connectivity index (χ2n) is 4.47. The van der Waals surface area contributed by atoms with E-state index in [1.165, 1.54) is 31.2 Å². The highest BCUT2D eigenvalue weighted by atomic mass is 32.2. The molecule has 1 unspecified atom stereocenters. The molecule has 0 spiro atoms. The number of amides is 1. The first-order valence-corrected chi connectivity index (χ1v) is 9.25. The number of nitrogens with one attached hydrogen (secondary N) is 1.